The molecule has 0 unspecified atom stereocenters. The van der Waals surface area contributed by atoms with Crippen LogP contribution in [0.4, 0.5) is 5.69 Å². The Morgan fingerprint density at radius 3 is 2.48 bits per heavy atom. The molecule has 0 amide bonds. The molecule has 106 valence electrons. The van der Waals surface area contributed by atoms with Crippen molar-refractivity contribution in [2.24, 2.45) is 5.18 Å². The van der Waals surface area contributed by atoms with Crippen LogP contribution in [0.1, 0.15) is 21.5 Å². The number of ether oxygens (including phenoxy) is 1. The third-order valence-corrected chi connectivity index (χ3v) is 3.07. The van der Waals surface area contributed by atoms with Gasteiger partial charge in [-0.3, -0.25) is 4.79 Å². The summed E-state index contributed by atoms with van der Waals surface area (Å²) >= 11 is 0. The van der Waals surface area contributed by atoms with Crippen molar-refractivity contribution in [3.05, 3.63) is 70.1 Å². The average molecular weight is 281 g/mol. The lowest BCUT2D eigenvalue weighted by Crippen LogP contribution is -1.93. The van der Waals surface area contributed by atoms with Gasteiger partial charge in [0.15, 0.2) is 5.78 Å². The Kier molecular flexibility index (Phi) is 4.61. The standard InChI is InChI=1S/C17H15NO3/c1-12-3-7-14(8-4-12)16(19)10-6-13-5-9-15(18-20)17(11-13)21-2/h3-11H,1-2H3/b10-6+. The highest BCUT2D eigenvalue weighted by Crippen LogP contribution is 2.28. The van der Waals surface area contributed by atoms with E-state index in [1.54, 1.807) is 36.4 Å². The van der Waals surface area contributed by atoms with Gasteiger partial charge in [0.1, 0.15) is 11.4 Å². The number of carbonyl (C=O) groups excluding carboxylic acids is 1. The van der Waals surface area contributed by atoms with Crippen LogP contribution in [0.3, 0.4) is 0 Å². The lowest BCUT2D eigenvalue weighted by Gasteiger charge is -2.03. The quantitative estimate of drug-likeness (QED) is 0.466. The lowest BCUT2D eigenvalue weighted by atomic mass is 10.1. The topological polar surface area (TPSA) is 55.7 Å². The predicted octanol–water partition coefficient (Wildman–Crippen LogP) is 4.30. The summed E-state index contributed by atoms with van der Waals surface area (Å²) in [6.07, 6.45) is 3.17. The number of allylic oxidation sites excluding steroid dienone is 1. The normalized spacial score (nSPS) is 10.6. The molecular weight excluding hydrogens is 266 g/mol. The highest BCUT2D eigenvalue weighted by Gasteiger charge is 2.04. The highest BCUT2D eigenvalue weighted by molar-refractivity contribution is 6.06. The molecule has 0 spiro atoms. The molecule has 4 nitrogen and oxygen atoms in total. The van der Waals surface area contributed by atoms with Gasteiger partial charge in [0.05, 0.1) is 7.11 Å². The molecule has 0 aliphatic heterocycles. The molecule has 2 aromatic carbocycles. The first-order chi connectivity index (χ1) is 10.1. The number of benzene rings is 2. The number of aryl methyl sites for hydroxylation is 1. The van der Waals surface area contributed by atoms with Gasteiger partial charge in [0, 0.05) is 5.56 Å². The summed E-state index contributed by atoms with van der Waals surface area (Å²) < 4.78 is 5.07. The SMILES string of the molecule is COc1cc(/C=C/C(=O)c2ccc(C)cc2)ccc1N=O. The molecule has 0 aliphatic carbocycles. The molecule has 21 heavy (non-hydrogen) atoms. The maximum Gasteiger partial charge on any atom is 0.185 e. The largest absolute Gasteiger partial charge is 0.494 e. The van der Waals surface area contributed by atoms with Crippen molar-refractivity contribution in [1.29, 1.82) is 0 Å². The minimum absolute atomic E-state index is 0.0773. The Bertz CT molecular complexity index is 688. The summed E-state index contributed by atoms with van der Waals surface area (Å²) in [5.74, 6) is 0.307. The van der Waals surface area contributed by atoms with Gasteiger partial charge < -0.3 is 4.74 Å². The van der Waals surface area contributed by atoms with Crippen LogP contribution < -0.4 is 4.74 Å². The third-order valence-electron chi connectivity index (χ3n) is 3.07. The molecule has 0 saturated carbocycles. The predicted molar refractivity (Wildman–Crippen MR) is 83.0 cm³/mol. The average Bonchev–Trinajstić information content (AvgIpc) is 2.52. The minimum atomic E-state index is -0.0773. The smallest absolute Gasteiger partial charge is 0.185 e. The summed E-state index contributed by atoms with van der Waals surface area (Å²) in [5.41, 5.74) is 2.74. The maximum atomic E-state index is 12.0. The Hall–Kier alpha value is -2.75. The molecule has 0 aromatic heterocycles. The van der Waals surface area contributed by atoms with Gasteiger partial charge in [-0.1, -0.05) is 42.0 Å². The van der Waals surface area contributed by atoms with Crippen LogP contribution in [0.15, 0.2) is 53.7 Å². The van der Waals surface area contributed by atoms with E-state index in [9.17, 15) is 9.70 Å². The lowest BCUT2D eigenvalue weighted by molar-refractivity contribution is 0.104. The summed E-state index contributed by atoms with van der Waals surface area (Å²) in [4.78, 5) is 22.6. The van der Waals surface area contributed by atoms with E-state index in [1.165, 1.54) is 13.2 Å². The molecule has 0 N–H and O–H groups in total. The number of nitrogens with zero attached hydrogens (tertiary/aromatic N) is 1. The van der Waals surface area contributed by atoms with Crippen molar-refractivity contribution < 1.29 is 9.53 Å². The Morgan fingerprint density at radius 2 is 1.86 bits per heavy atom. The van der Waals surface area contributed by atoms with Crippen molar-refractivity contribution in [1.82, 2.24) is 0 Å². The van der Waals surface area contributed by atoms with Gasteiger partial charge in [-0.15, -0.1) is 4.91 Å². The number of carbonyl (C=O) groups is 1. The van der Waals surface area contributed by atoms with Crippen LogP contribution in [-0.4, -0.2) is 12.9 Å². The first-order valence-electron chi connectivity index (χ1n) is 6.44. The Morgan fingerprint density at radius 1 is 1.14 bits per heavy atom. The van der Waals surface area contributed by atoms with Crippen molar-refractivity contribution >= 4 is 17.5 Å². The minimum Gasteiger partial charge on any atom is -0.494 e. The first-order valence-corrected chi connectivity index (χ1v) is 6.44. The number of hydrogen-bond acceptors (Lipinski definition) is 4. The van der Waals surface area contributed by atoms with E-state index in [2.05, 4.69) is 5.18 Å². The Labute approximate surface area is 123 Å². The summed E-state index contributed by atoms with van der Waals surface area (Å²) in [6.45, 7) is 1.97. The van der Waals surface area contributed by atoms with Crippen molar-refractivity contribution in [3.63, 3.8) is 0 Å². The van der Waals surface area contributed by atoms with Crippen molar-refractivity contribution in [3.8, 4) is 5.75 Å². The second-order valence-corrected chi connectivity index (χ2v) is 4.59. The zero-order valence-electron chi connectivity index (χ0n) is 11.9. The second-order valence-electron chi connectivity index (χ2n) is 4.59. The van der Waals surface area contributed by atoms with Gasteiger partial charge in [0.2, 0.25) is 0 Å². The fourth-order valence-electron chi connectivity index (χ4n) is 1.86. The Balaban J connectivity index is 2.19. The number of methoxy groups -OCH3 is 1. The van der Waals surface area contributed by atoms with Gasteiger partial charge in [-0.25, -0.2) is 0 Å². The first kappa shape index (κ1) is 14.7. The molecule has 0 heterocycles. The van der Waals surface area contributed by atoms with Crippen LogP contribution in [-0.2, 0) is 0 Å². The van der Waals surface area contributed by atoms with E-state index in [4.69, 9.17) is 4.74 Å². The van der Waals surface area contributed by atoms with Gasteiger partial charge in [0.25, 0.3) is 0 Å². The van der Waals surface area contributed by atoms with Crippen molar-refractivity contribution in [2.45, 2.75) is 6.92 Å². The van der Waals surface area contributed by atoms with E-state index in [0.29, 0.717) is 11.3 Å². The fraction of sp³-hybridized carbons (Fsp3) is 0.118. The van der Waals surface area contributed by atoms with Crippen LogP contribution in [0, 0.1) is 11.8 Å². The number of nitroso groups, excluding NO2 is 1. The van der Waals surface area contributed by atoms with Gasteiger partial charge >= 0.3 is 0 Å². The monoisotopic (exact) mass is 281 g/mol. The summed E-state index contributed by atoms with van der Waals surface area (Å²) in [6, 6.07) is 12.3. The number of hydrogen-bond donors (Lipinski definition) is 0. The van der Waals surface area contributed by atoms with Crippen LogP contribution in [0.25, 0.3) is 6.08 Å². The zero-order valence-corrected chi connectivity index (χ0v) is 11.9. The van der Waals surface area contributed by atoms with Crippen molar-refractivity contribution in [2.75, 3.05) is 7.11 Å². The summed E-state index contributed by atoms with van der Waals surface area (Å²) in [7, 11) is 1.47. The molecule has 4 heteroatoms. The molecule has 0 fully saturated rings. The molecular formula is C17H15NO3. The zero-order chi connectivity index (χ0) is 15.2. The summed E-state index contributed by atoms with van der Waals surface area (Å²) in [5, 5.41) is 2.87. The van der Waals surface area contributed by atoms with E-state index in [-0.39, 0.29) is 11.5 Å². The molecule has 0 saturated heterocycles. The maximum absolute atomic E-state index is 12.0. The van der Waals surface area contributed by atoms with E-state index >= 15 is 0 Å². The molecule has 2 rings (SSSR count). The van der Waals surface area contributed by atoms with E-state index in [0.717, 1.165) is 11.1 Å². The number of ketones is 1. The van der Waals surface area contributed by atoms with Crippen LogP contribution >= 0.6 is 0 Å². The second kappa shape index (κ2) is 6.61. The molecule has 0 atom stereocenters. The molecule has 2 aromatic rings. The highest BCUT2D eigenvalue weighted by atomic mass is 16.5. The van der Waals surface area contributed by atoms with Gasteiger partial charge in [-0.2, -0.15) is 0 Å². The van der Waals surface area contributed by atoms with Crippen LogP contribution in [0.5, 0.6) is 5.75 Å². The molecule has 0 aliphatic rings. The third kappa shape index (κ3) is 3.63. The number of rotatable bonds is 5. The molecule has 0 bridgehead atoms. The molecule has 0 radical (unpaired) electrons. The van der Waals surface area contributed by atoms with Crippen LogP contribution in [0.2, 0.25) is 0 Å². The van der Waals surface area contributed by atoms with E-state index in [1.807, 2.05) is 19.1 Å². The van der Waals surface area contributed by atoms with E-state index < -0.39 is 0 Å². The van der Waals surface area contributed by atoms with Gasteiger partial charge in [-0.05, 0) is 35.9 Å². The fourth-order valence-corrected chi connectivity index (χ4v) is 1.86.